The van der Waals surface area contributed by atoms with E-state index in [0.29, 0.717) is 46.5 Å². The van der Waals surface area contributed by atoms with Crippen LogP contribution in [0.4, 0.5) is 4.39 Å². The monoisotopic (exact) mass is 570 g/mol. The van der Waals surface area contributed by atoms with E-state index in [-0.39, 0.29) is 29.0 Å². The van der Waals surface area contributed by atoms with Crippen molar-refractivity contribution in [3.8, 4) is 40.8 Å². The number of hydrogen-bond acceptors (Lipinski definition) is 9. The van der Waals surface area contributed by atoms with E-state index in [0.717, 1.165) is 0 Å². The minimum Gasteiger partial charge on any atom is -0.497 e. The Balaban J connectivity index is 0.000000281. The molecule has 0 fully saturated rings. The van der Waals surface area contributed by atoms with Gasteiger partial charge in [0.05, 0.1) is 31.6 Å². The molecule has 37 heavy (non-hydrogen) atoms. The summed E-state index contributed by atoms with van der Waals surface area (Å²) in [7, 11) is 1.50. The number of ether oxygens (including phenoxy) is 3. The van der Waals surface area contributed by atoms with E-state index in [1.165, 1.54) is 25.4 Å². The van der Waals surface area contributed by atoms with Gasteiger partial charge >= 0.3 is 0 Å². The van der Waals surface area contributed by atoms with E-state index in [2.05, 4.69) is 35.9 Å². The number of methoxy groups -OCH3 is 1. The maximum Gasteiger partial charge on any atom is 0.235 e. The molecule has 0 atom stereocenters. The summed E-state index contributed by atoms with van der Waals surface area (Å²) in [5, 5.41) is 17.6. The summed E-state index contributed by atoms with van der Waals surface area (Å²) in [5.74, 6) is 1.49. The van der Waals surface area contributed by atoms with E-state index in [4.69, 9.17) is 24.7 Å². The Morgan fingerprint density at radius 1 is 0.919 bits per heavy atom. The predicted molar refractivity (Wildman–Crippen MR) is 139 cm³/mol. The lowest BCUT2D eigenvalue weighted by molar-refractivity contribution is 0.258. The molecule has 0 amide bonds. The highest BCUT2D eigenvalue weighted by Gasteiger charge is 2.16. The zero-order valence-electron chi connectivity index (χ0n) is 21.5. The Hall–Kier alpha value is -3.83. The van der Waals surface area contributed by atoms with Crippen molar-refractivity contribution in [3.63, 3.8) is 0 Å². The third-order valence-corrected chi connectivity index (χ3v) is 5.42. The molecule has 3 rings (SSSR count). The van der Waals surface area contributed by atoms with Crippen LogP contribution >= 0.6 is 15.9 Å². The Morgan fingerprint density at radius 3 is 2.08 bits per heavy atom. The van der Waals surface area contributed by atoms with Gasteiger partial charge in [-0.1, -0.05) is 27.7 Å². The van der Waals surface area contributed by atoms with Crippen LogP contribution < -0.4 is 14.2 Å². The van der Waals surface area contributed by atoms with Crippen molar-refractivity contribution in [2.75, 3.05) is 20.3 Å². The van der Waals surface area contributed by atoms with E-state index >= 15 is 0 Å². The molecular formula is C26H28BrFN6O3. The molecule has 194 valence electrons. The molecule has 2 aromatic heterocycles. The van der Waals surface area contributed by atoms with Gasteiger partial charge in [-0.05, 0) is 52.9 Å². The number of benzene rings is 1. The zero-order chi connectivity index (χ0) is 27.5. The maximum absolute atomic E-state index is 14.1. The zero-order valence-corrected chi connectivity index (χ0v) is 23.1. The second-order valence-electron chi connectivity index (χ2n) is 8.64. The van der Waals surface area contributed by atoms with Crippen LogP contribution in [0.15, 0.2) is 28.9 Å². The van der Waals surface area contributed by atoms with Gasteiger partial charge in [-0.15, -0.1) is 0 Å². The molecule has 0 bridgehead atoms. The molecule has 0 radical (unpaired) electrons. The quantitative estimate of drug-likeness (QED) is 0.337. The van der Waals surface area contributed by atoms with Crippen LogP contribution in [0, 0.1) is 47.2 Å². The number of hydrogen-bond donors (Lipinski definition) is 0. The van der Waals surface area contributed by atoms with Crippen LogP contribution in [0.25, 0.3) is 11.1 Å². The van der Waals surface area contributed by atoms with Crippen molar-refractivity contribution in [1.29, 1.82) is 10.5 Å². The molecule has 0 spiro atoms. The molecule has 1 aromatic carbocycles. The first-order chi connectivity index (χ1) is 17.6. The van der Waals surface area contributed by atoms with Crippen molar-refractivity contribution >= 4 is 15.9 Å². The third-order valence-electron chi connectivity index (χ3n) is 4.51. The molecule has 0 saturated carbocycles. The number of nitrogens with zero attached hydrogens (tertiary/aromatic N) is 6. The average molecular weight is 571 g/mol. The van der Waals surface area contributed by atoms with Gasteiger partial charge in [0.25, 0.3) is 0 Å². The molecule has 2 heterocycles. The molecule has 3 aromatic rings. The van der Waals surface area contributed by atoms with Crippen molar-refractivity contribution in [1.82, 2.24) is 19.9 Å². The number of nitriles is 2. The smallest absolute Gasteiger partial charge is 0.235 e. The number of rotatable bonds is 8. The fourth-order valence-corrected chi connectivity index (χ4v) is 3.01. The second-order valence-corrected chi connectivity index (χ2v) is 9.44. The highest BCUT2D eigenvalue weighted by atomic mass is 79.9. The summed E-state index contributed by atoms with van der Waals surface area (Å²) in [4.78, 5) is 15.9. The first-order valence-corrected chi connectivity index (χ1v) is 12.2. The van der Waals surface area contributed by atoms with Crippen LogP contribution in [-0.2, 0) is 0 Å². The normalized spacial score (nSPS) is 10.3. The molecule has 0 N–H and O–H groups in total. The summed E-state index contributed by atoms with van der Waals surface area (Å²) in [5.41, 5.74) is 1.36. The molecule has 0 saturated heterocycles. The highest BCUT2D eigenvalue weighted by molar-refractivity contribution is 9.10. The lowest BCUT2D eigenvalue weighted by Crippen LogP contribution is -2.08. The SMILES string of the molecule is COc1ccc(F)c(-c2cnc(C#N)nc2OCC(C)C)c1.Cc1nc(C#N)nc(OCC(C)C)c1Br. The summed E-state index contributed by atoms with van der Waals surface area (Å²) >= 11 is 3.33. The fourth-order valence-electron chi connectivity index (χ4n) is 2.72. The number of aromatic nitrogens is 4. The topological polar surface area (TPSA) is 127 Å². The van der Waals surface area contributed by atoms with Gasteiger partial charge in [0.1, 0.15) is 28.2 Å². The Morgan fingerprint density at radius 2 is 1.51 bits per heavy atom. The van der Waals surface area contributed by atoms with Crippen LogP contribution in [0.2, 0.25) is 0 Å². The summed E-state index contributed by atoms with van der Waals surface area (Å²) < 4.78 is 31.0. The minimum atomic E-state index is -0.441. The second kappa shape index (κ2) is 14.0. The summed E-state index contributed by atoms with van der Waals surface area (Å²) in [6.45, 7) is 10.8. The third kappa shape index (κ3) is 8.65. The molecule has 9 nitrogen and oxygen atoms in total. The van der Waals surface area contributed by atoms with Crippen molar-refractivity contribution < 1.29 is 18.6 Å². The maximum atomic E-state index is 14.1. The molecule has 0 aliphatic carbocycles. The molecule has 0 unspecified atom stereocenters. The van der Waals surface area contributed by atoms with Gasteiger partial charge in [0.15, 0.2) is 0 Å². The van der Waals surface area contributed by atoms with Gasteiger partial charge in [-0.3, -0.25) is 0 Å². The Labute approximate surface area is 224 Å². The first-order valence-electron chi connectivity index (χ1n) is 11.4. The molecule has 11 heteroatoms. The van der Waals surface area contributed by atoms with Crippen LogP contribution in [0.3, 0.4) is 0 Å². The lowest BCUT2D eigenvalue weighted by Gasteiger charge is -2.13. The first kappa shape index (κ1) is 29.4. The average Bonchev–Trinajstić information content (AvgIpc) is 2.88. The van der Waals surface area contributed by atoms with Crippen LogP contribution in [-0.4, -0.2) is 40.3 Å². The Bertz CT molecular complexity index is 1300. The standard InChI is InChI=1S/C16H16FN3O2.C10H12BrN3O/c1-10(2)9-22-16-13(8-19-15(7-18)20-16)12-6-11(21-3)4-5-14(12)17;1-6(2)5-15-10-9(11)7(3)13-8(4-12)14-10/h4-6,8,10H,9H2,1-3H3;6H,5H2,1-3H3. The van der Waals surface area contributed by atoms with E-state index in [9.17, 15) is 4.39 Å². The number of halogens is 2. The van der Waals surface area contributed by atoms with Gasteiger partial charge in [-0.2, -0.15) is 20.5 Å². The minimum absolute atomic E-state index is 0.0224. The predicted octanol–water partition coefficient (Wildman–Crippen LogP) is 5.65. The van der Waals surface area contributed by atoms with Crippen molar-refractivity contribution in [2.45, 2.75) is 34.6 Å². The summed E-state index contributed by atoms with van der Waals surface area (Å²) in [6.07, 6.45) is 1.39. The van der Waals surface area contributed by atoms with Crippen LogP contribution in [0.5, 0.6) is 17.5 Å². The molecular weight excluding hydrogens is 543 g/mol. The lowest BCUT2D eigenvalue weighted by atomic mass is 10.1. The van der Waals surface area contributed by atoms with E-state index < -0.39 is 5.82 Å². The van der Waals surface area contributed by atoms with Crippen molar-refractivity contribution in [2.24, 2.45) is 11.8 Å². The van der Waals surface area contributed by atoms with Gasteiger partial charge < -0.3 is 14.2 Å². The Kier molecular flexibility index (Phi) is 11.2. The van der Waals surface area contributed by atoms with Crippen LogP contribution in [0.1, 0.15) is 45.0 Å². The number of aryl methyl sites for hydroxylation is 1. The van der Waals surface area contributed by atoms with Gasteiger partial charge in [-0.25, -0.2) is 14.4 Å². The fraction of sp³-hybridized carbons (Fsp3) is 0.385. The molecule has 0 aliphatic heterocycles. The van der Waals surface area contributed by atoms with Gasteiger partial charge in [0, 0.05) is 11.8 Å². The highest BCUT2D eigenvalue weighted by Crippen LogP contribution is 2.32. The van der Waals surface area contributed by atoms with Crippen molar-refractivity contribution in [3.05, 3.63) is 52.0 Å². The largest absolute Gasteiger partial charge is 0.497 e. The van der Waals surface area contributed by atoms with E-state index in [1.807, 2.05) is 39.8 Å². The van der Waals surface area contributed by atoms with Gasteiger partial charge in [0.2, 0.25) is 23.4 Å². The van der Waals surface area contributed by atoms with E-state index in [1.54, 1.807) is 13.0 Å². The summed E-state index contributed by atoms with van der Waals surface area (Å²) in [6, 6.07) is 8.12. The molecule has 0 aliphatic rings.